The molecule has 0 radical (unpaired) electrons. The van der Waals surface area contributed by atoms with Gasteiger partial charge < -0.3 is 14.9 Å². The number of rotatable bonds is 11. The van der Waals surface area contributed by atoms with Crippen LogP contribution in [0.25, 0.3) is 0 Å². The molecule has 0 unspecified atom stereocenters. The SMILES string of the molecule is CCCCCCCCC(CO)(CO)COC(C)=O. The second kappa shape index (κ2) is 10.3. The van der Waals surface area contributed by atoms with Crippen LogP contribution in [0.15, 0.2) is 0 Å². The summed E-state index contributed by atoms with van der Waals surface area (Å²) in [4.78, 5) is 10.8. The zero-order valence-electron chi connectivity index (χ0n) is 11.8. The van der Waals surface area contributed by atoms with Crippen LogP contribution in [0.5, 0.6) is 0 Å². The summed E-state index contributed by atoms with van der Waals surface area (Å²) < 4.78 is 4.93. The fraction of sp³-hybridized carbons (Fsp3) is 0.929. The zero-order chi connectivity index (χ0) is 13.9. The van der Waals surface area contributed by atoms with E-state index in [0.29, 0.717) is 6.42 Å². The summed E-state index contributed by atoms with van der Waals surface area (Å²) in [5, 5.41) is 18.8. The summed E-state index contributed by atoms with van der Waals surface area (Å²) in [7, 11) is 0. The van der Waals surface area contributed by atoms with Crippen molar-refractivity contribution in [3.63, 3.8) is 0 Å². The van der Waals surface area contributed by atoms with Gasteiger partial charge in [0.05, 0.1) is 18.6 Å². The predicted molar refractivity (Wildman–Crippen MR) is 71.2 cm³/mol. The number of hydrogen-bond acceptors (Lipinski definition) is 4. The minimum Gasteiger partial charge on any atom is -0.465 e. The topological polar surface area (TPSA) is 66.8 Å². The third kappa shape index (κ3) is 7.67. The fourth-order valence-corrected chi connectivity index (χ4v) is 1.91. The first kappa shape index (κ1) is 17.4. The number of carbonyl (C=O) groups excluding carboxylic acids is 1. The first-order valence-electron chi connectivity index (χ1n) is 6.95. The lowest BCUT2D eigenvalue weighted by molar-refractivity contribution is -0.147. The van der Waals surface area contributed by atoms with Crippen molar-refractivity contribution >= 4 is 5.97 Å². The van der Waals surface area contributed by atoms with Gasteiger partial charge in [-0.1, -0.05) is 45.4 Å². The molecule has 0 aliphatic rings. The van der Waals surface area contributed by atoms with Gasteiger partial charge in [0.25, 0.3) is 0 Å². The Kier molecular flexibility index (Phi) is 9.98. The van der Waals surface area contributed by atoms with Gasteiger partial charge in [-0.25, -0.2) is 0 Å². The molecule has 0 saturated heterocycles. The van der Waals surface area contributed by atoms with Crippen molar-refractivity contribution in [2.45, 2.75) is 58.8 Å². The molecule has 0 saturated carbocycles. The van der Waals surface area contributed by atoms with Crippen LogP contribution >= 0.6 is 0 Å². The van der Waals surface area contributed by atoms with Crippen molar-refractivity contribution in [1.29, 1.82) is 0 Å². The molecular weight excluding hydrogens is 232 g/mol. The molecule has 0 spiro atoms. The van der Waals surface area contributed by atoms with E-state index in [9.17, 15) is 15.0 Å². The van der Waals surface area contributed by atoms with Crippen molar-refractivity contribution in [3.05, 3.63) is 0 Å². The molecule has 0 fully saturated rings. The summed E-state index contributed by atoms with van der Waals surface area (Å²) in [5.74, 6) is -0.371. The van der Waals surface area contributed by atoms with Gasteiger partial charge >= 0.3 is 5.97 Å². The molecule has 0 heterocycles. The molecule has 0 rings (SSSR count). The van der Waals surface area contributed by atoms with E-state index in [1.54, 1.807) is 0 Å². The lowest BCUT2D eigenvalue weighted by Crippen LogP contribution is -2.35. The Morgan fingerprint density at radius 1 is 1.06 bits per heavy atom. The van der Waals surface area contributed by atoms with E-state index in [1.807, 2.05) is 0 Å². The molecule has 18 heavy (non-hydrogen) atoms. The van der Waals surface area contributed by atoms with Gasteiger partial charge in [0.1, 0.15) is 6.61 Å². The summed E-state index contributed by atoms with van der Waals surface area (Å²) in [6.45, 7) is 3.33. The van der Waals surface area contributed by atoms with Crippen molar-refractivity contribution in [3.8, 4) is 0 Å². The average molecular weight is 260 g/mol. The van der Waals surface area contributed by atoms with Gasteiger partial charge in [-0.2, -0.15) is 0 Å². The molecular formula is C14H28O4. The highest BCUT2D eigenvalue weighted by atomic mass is 16.5. The van der Waals surface area contributed by atoms with E-state index in [0.717, 1.165) is 12.8 Å². The first-order chi connectivity index (χ1) is 8.60. The third-order valence-corrected chi connectivity index (χ3v) is 3.31. The van der Waals surface area contributed by atoms with Crippen molar-refractivity contribution in [2.24, 2.45) is 5.41 Å². The van der Waals surface area contributed by atoms with Crippen molar-refractivity contribution < 1.29 is 19.7 Å². The van der Waals surface area contributed by atoms with Gasteiger partial charge in [-0.15, -0.1) is 0 Å². The molecule has 0 aromatic rings. The number of hydrogen-bond donors (Lipinski definition) is 2. The van der Waals surface area contributed by atoms with Crippen LogP contribution in [0.2, 0.25) is 0 Å². The molecule has 4 heteroatoms. The molecule has 0 aliphatic heterocycles. The van der Waals surface area contributed by atoms with Gasteiger partial charge in [0, 0.05) is 6.92 Å². The Morgan fingerprint density at radius 2 is 1.61 bits per heavy atom. The molecule has 0 atom stereocenters. The fourth-order valence-electron chi connectivity index (χ4n) is 1.91. The Balaban J connectivity index is 3.90. The first-order valence-corrected chi connectivity index (χ1v) is 6.95. The standard InChI is InChI=1S/C14H28O4/c1-3-4-5-6-7-8-9-14(10-15,11-16)12-18-13(2)17/h15-16H,3-12H2,1-2H3. The molecule has 0 aliphatic carbocycles. The molecule has 4 nitrogen and oxygen atoms in total. The van der Waals surface area contributed by atoms with Crippen molar-refractivity contribution in [2.75, 3.05) is 19.8 Å². The largest absolute Gasteiger partial charge is 0.465 e. The number of ether oxygens (including phenoxy) is 1. The van der Waals surface area contributed by atoms with Crippen LogP contribution in [0.4, 0.5) is 0 Å². The second-order valence-corrected chi connectivity index (χ2v) is 5.11. The van der Waals surface area contributed by atoms with Crippen LogP contribution in [0, 0.1) is 5.41 Å². The van der Waals surface area contributed by atoms with E-state index in [4.69, 9.17) is 4.74 Å². The molecule has 108 valence electrons. The summed E-state index contributed by atoms with van der Waals surface area (Å²) in [6, 6.07) is 0. The van der Waals surface area contributed by atoms with E-state index in [2.05, 4.69) is 6.92 Å². The van der Waals surface area contributed by atoms with Crippen molar-refractivity contribution in [1.82, 2.24) is 0 Å². The minimum atomic E-state index is -0.670. The number of esters is 1. The number of unbranched alkanes of at least 4 members (excludes halogenated alkanes) is 5. The Hall–Kier alpha value is -0.610. The lowest BCUT2D eigenvalue weighted by atomic mass is 9.85. The molecule has 0 aromatic carbocycles. The number of carbonyl (C=O) groups is 1. The van der Waals surface area contributed by atoms with Crippen LogP contribution in [0.1, 0.15) is 58.8 Å². The third-order valence-electron chi connectivity index (χ3n) is 3.31. The lowest BCUT2D eigenvalue weighted by Gasteiger charge is -2.28. The Labute approximate surface area is 110 Å². The van der Waals surface area contributed by atoms with E-state index in [-0.39, 0.29) is 25.8 Å². The van der Waals surface area contributed by atoms with E-state index >= 15 is 0 Å². The maximum absolute atomic E-state index is 10.8. The molecule has 0 amide bonds. The highest BCUT2D eigenvalue weighted by Crippen LogP contribution is 2.25. The summed E-state index contributed by atoms with van der Waals surface area (Å²) >= 11 is 0. The smallest absolute Gasteiger partial charge is 0.302 e. The van der Waals surface area contributed by atoms with Gasteiger partial charge in [0.15, 0.2) is 0 Å². The van der Waals surface area contributed by atoms with Gasteiger partial charge in [-0.3, -0.25) is 4.79 Å². The predicted octanol–water partition coefficient (Wildman–Crippen LogP) is 2.27. The minimum absolute atomic E-state index is 0.101. The van der Waals surface area contributed by atoms with Crippen LogP contribution in [-0.2, 0) is 9.53 Å². The zero-order valence-corrected chi connectivity index (χ0v) is 11.8. The normalized spacial score (nSPS) is 11.6. The Bertz CT molecular complexity index is 212. The van der Waals surface area contributed by atoms with Crippen LogP contribution < -0.4 is 0 Å². The summed E-state index contributed by atoms with van der Waals surface area (Å²) in [5.41, 5.74) is -0.670. The van der Waals surface area contributed by atoms with Crippen LogP contribution in [0.3, 0.4) is 0 Å². The number of aliphatic hydroxyl groups is 2. The monoisotopic (exact) mass is 260 g/mol. The van der Waals surface area contributed by atoms with Gasteiger partial charge in [0.2, 0.25) is 0 Å². The maximum atomic E-state index is 10.8. The maximum Gasteiger partial charge on any atom is 0.302 e. The molecule has 2 N–H and O–H groups in total. The Morgan fingerprint density at radius 3 is 2.11 bits per heavy atom. The highest BCUT2D eigenvalue weighted by Gasteiger charge is 2.29. The van der Waals surface area contributed by atoms with E-state index < -0.39 is 5.41 Å². The van der Waals surface area contributed by atoms with Crippen LogP contribution in [-0.4, -0.2) is 36.0 Å². The molecule has 0 bridgehead atoms. The van der Waals surface area contributed by atoms with Gasteiger partial charge in [-0.05, 0) is 6.42 Å². The highest BCUT2D eigenvalue weighted by molar-refractivity contribution is 5.65. The van der Waals surface area contributed by atoms with E-state index in [1.165, 1.54) is 32.6 Å². The average Bonchev–Trinajstić information content (AvgIpc) is 2.37. The summed E-state index contributed by atoms with van der Waals surface area (Å²) in [6.07, 6.45) is 7.66. The number of aliphatic hydroxyl groups excluding tert-OH is 2. The second-order valence-electron chi connectivity index (χ2n) is 5.11. The molecule has 0 aromatic heterocycles. The quantitative estimate of drug-likeness (QED) is 0.442.